The zero-order chi connectivity index (χ0) is 19.5. The van der Waals surface area contributed by atoms with Gasteiger partial charge in [0.15, 0.2) is 0 Å². The lowest BCUT2D eigenvalue weighted by Crippen LogP contribution is -2.45. The quantitative estimate of drug-likeness (QED) is 0.657. The van der Waals surface area contributed by atoms with Crippen molar-refractivity contribution in [3.63, 3.8) is 0 Å². The van der Waals surface area contributed by atoms with Crippen LogP contribution in [-0.2, 0) is 6.54 Å². The van der Waals surface area contributed by atoms with E-state index in [2.05, 4.69) is 19.9 Å². The van der Waals surface area contributed by atoms with Crippen molar-refractivity contribution in [1.82, 2.24) is 19.9 Å². The number of nitrogens with zero attached hydrogens (tertiary/aromatic N) is 3. The smallest absolute Gasteiger partial charge is 0.263 e. The van der Waals surface area contributed by atoms with Crippen molar-refractivity contribution in [3.8, 4) is 16.3 Å². The van der Waals surface area contributed by atoms with Gasteiger partial charge in [0.25, 0.3) is 5.91 Å². The van der Waals surface area contributed by atoms with Gasteiger partial charge in [0.05, 0.1) is 18.6 Å². The summed E-state index contributed by atoms with van der Waals surface area (Å²) in [6.45, 7) is 5.47. The van der Waals surface area contributed by atoms with Crippen molar-refractivity contribution in [2.75, 3.05) is 6.61 Å². The molecule has 146 valence electrons. The van der Waals surface area contributed by atoms with E-state index >= 15 is 0 Å². The Bertz CT molecular complexity index is 928. The Morgan fingerprint density at radius 2 is 2.11 bits per heavy atom. The van der Waals surface area contributed by atoms with Crippen LogP contribution in [0, 0.1) is 12.8 Å². The molecule has 0 aliphatic heterocycles. The first kappa shape index (κ1) is 18.7. The Labute approximate surface area is 168 Å². The maximum absolute atomic E-state index is 12.7. The summed E-state index contributed by atoms with van der Waals surface area (Å²) < 4.78 is 7.58. The molecule has 1 aliphatic carbocycles. The van der Waals surface area contributed by atoms with Crippen LogP contribution < -0.4 is 10.1 Å². The van der Waals surface area contributed by atoms with Crippen LogP contribution in [0.4, 0.5) is 0 Å². The van der Waals surface area contributed by atoms with Crippen LogP contribution in [0.5, 0.6) is 5.75 Å². The average Bonchev–Trinajstić information content (AvgIpc) is 3.30. The van der Waals surface area contributed by atoms with Gasteiger partial charge in [0, 0.05) is 30.5 Å². The van der Waals surface area contributed by atoms with Gasteiger partial charge in [-0.25, -0.2) is 9.97 Å². The number of hydrogen-bond donors (Lipinski definition) is 1. The molecule has 28 heavy (non-hydrogen) atoms. The molecule has 1 fully saturated rings. The molecule has 1 aromatic carbocycles. The standard InChI is InChI=1S/C21H24N4O2S/c1-3-27-18-6-4-16(5-7-18)21-23-14(2)19(28-21)20(26)24-17-10-15(11-17)12-25-9-8-22-13-25/h4-9,13,15,17H,3,10-12H2,1-2H3,(H,24,26). The summed E-state index contributed by atoms with van der Waals surface area (Å²) in [6.07, 6.45) is 7.64. The van der Waals surface area contributed by atoms with Gasteiger partial charge >= 0.3 is 0 Å². The second-order valence-corrected chi connectivity index (χ2v) is 8.16. The molecule has 6 nitrogen and oxygen atoms in total. The number of hydrogen-bond acceptors (Lipinski definition) is 5. The highest BCUT2D eigenvalue weighted by Gasteiger charge is 2.31. The first-order valence-electron chi connectivity index (χ1n) is 9.59. The maximum Gasteiger partial charge on any atom is 0.263 e. The minimum Gasteiger partial charge on any atom is -0.494 e. The van der Waals surface area contributed by atoms with E-state index < -0.39 is 0 Å². The molecule has 7 heteroatoms. The van der Waals surface area contributed by atoms with Crippen molar-refractivity contribution in [1.29, 1.82) is 0 Å². The van der Waals surface area contributed by atoms with E-state index in [0.29, 0.717) is 17.4 Å². The van der Waals surface area contributed by atoms with Gasteiger partial charge in [0.2, 0.25) is 0 Å². The Hall–Kier alpha value is -2.67. The number of benzene rings is 1. The largest absolute Gasteiger partial charge is 0.494 e. The number of carbonyl (C=O) groups is 1. The second-order valence-electron chi connectivity index (χ2n) is 7.16. The SMILES string of the molecule is CCOc1ccc(-c2nc(C)c(C(=O)NC3CC(Cn4ccnc4)C3)s2)cc1. The summed E-state index contributed by atoms with van der Waals surface area (Å²) >= 11 is 1.44. The Kier molecular flexibility index (Phi) is 5.43. The van der Waals surface area contributed by atoms with Crippen LogP contribution in [0.2, 0.25) is 0 Å². The minimum absolute atomic E-state index is 0.0155. The molecule has 1 amide bonds. The number of amides is 1. The first-order valence-corrected chi connectivity index (χ1v) is 10.4. The Morgan fingerprint density at radius 1 is 1.32 bits per heavy atom. The van der Waals surface area contributed by atoms with E-state index in [-0.39, 0.29) is 11.9 Å². The van der Waals surface area contributed by atoms with E-state index in [0.717, 1.165) is 41.4 Å². The maximum atomic E-state index is 12.7. The fourth-order valence-corrected chi connectivity index (χ4v) is 4.51. The number of imidazole rings is 1. The summed E-state index contributed by atoms with van der Waals surface area (Å²) in [5.74, 6) is 1.42. The van der Waals surface area contributed by atoms with Crippen molar-refractivity contribution >= 4 is 17.2 Å². The van der Waals surface area contributed by atoms with Crippen molar-refractivity contribution in [2.24, 2.45) is 5.92 Å². The van der Waals surface area contributed by atoms with Crippen LogP contribution >= 0.6 is 11.3 Å². The second kappa shape index (κ2) is 8.14. The molecule has 2 aromatic heterocycles. The van der Waals surface area contributed by atoms with Gasteiger partial charge in [-0.05, 0) is 56.9 Å². The molecule has 0 spiro atoms. The van der Waals surface area contributed by atoms with Gasteiger partial charge in [-0.15, -0.1) is 11.3 Å². The van der Waals surface area contributed by atoms with Crippen LogP contribution in [-0.4, -0.2) is 33.1 Å². The molecular formula is C21H24N4O2S. The van der Waals surface area contributed by atoms with Gasteiger partial charge in [-0.3, -0.25) is 4.79 Å². The molecular weight excluding hydrogens is 372 g/mol. The molecule has 2 heterocycles. The molecule has 0 saturated heterocycles. The fraction of sp³-hybridized carbons (Fsp3) is 0.381. The van der Waals surface area contributed by atoms with Crippen LogP contribution in [0.1, 0.15) is 35.1 Å². The summed E-state index contributed by atoms with van der Waals surface area (Å²) in [6, 6.07) is 8.08. The average molecular weight is 397 g/mol. The molecule has 0 unspecified atom stereocenters. The first-order chi connectivity index (χ1) is 13.6. The third-order valence-electron chi connectivity index (χ3n) is 5.01. The lowest BCUT2D eigenvalue weighted by atomic mass is 9.80. The van der Waals surface area contributed by atoms with Crippen LogP contribution in [0.15, 0.2) is 43.0 Å². The third-order valence-corrected chi connectivity index (χ3v) is 6.22. The van der Waals surface area contributed by atoms with Gasteiger partial charge in [0.1, 0.15) is 15.6 Å². The summed E-state index contributed by atoms with van der Waals surface area (Å²) in [5.41, 5.74) is 1.78. The van der Waals surface area contributed by atoms with E-state index in [9.17, 15) is 4.79 Å². The predicted octanol–water partition coefficient (Wildman–Crippen LogP) is 3.92. The molecule has 4 rings (SSSR count). The third kappa shape index (κ3) is 4.09. The van der Waals surface area contributed by atoms with Crippen molar-refractivity contribution in [3.05, 3.63) is 53.6 Å². The van der Waals surface area contributed by atoms with Gasteiger partial charge in [-0.1, -0.05) is 0 Å². The molecule has 0 bridgehead atoms. The zero-order valence-electron chi connectivity index (χ0n) is 16.1. The predicted molar refractivity (Wildman–Crippen MR) is 110 cm³/mol. The number of nitrogens with one attached hydrogen (secondary N) is 1. The Morgan fingerprint density at radius 3 is 2.79 bits per heavy atom. The molecule has 0 atom stereocenters. The van der Waals surface area contributed by atoms with Crippen molar-refractivity contribution < 1.29 is 9.53 Å². The molecule has 3 aromatic rings. The van der Waals surface area contributed by atoms with E-state index in [1.54, 1.807) is 6.20 Å². The fourth-order valence-electron chi connectivity index (χ4n) is 3.54. The number of ether oxygens (including phenoxy) is 1. The zero-order valence-corrected chi connectivity index (χ0v) is 16.9. The number of aromatic nitrogens is 3. The Balaban J connectivity index is 1.35. The highest BCUT2D eigenvalue weighted by atomic mass is 32.1. The van der Waals surface area contributed by atoms with E-state index in [1.807, 2.05) is 50.6 Å². The normalized spacial score (nSPS) is 18.5. The molecule has 0 radical (unpaired) electrons. The van der Waals surface area contributed by atoms with E-state index in [4.69, 9.17) is 4.74 Å². The molecule has 1 N–H and O–H groups in total. The van der Waals surface area contributed by atoms with Gasteiger partial charge in [-0.2, -0.15) is 0 Å². The summed E-state index contributed by atoms with van der Waals surface area (Å²) in [4.78, 5) is 22.1. The monoisotopic (exact) mass is 396 g/mol. The van der Waals surface area contributed by atoms with Gasteiger partial charge < -0.3 is 14.6 Å². The highest BCUT2D eigenvalue weighted by molar-refractivity contribution is 7.17. The van der Waals surface area contributed by atoms with Crippen LogP contribution in [0.3, 0.4) is 0 Å². The minimum atomic E-state index is -0.0155. The van der Waals surface area contributed by atoms with Crippen LogP contribution in [0.25, 0.3) is 10.6 Å². The molecule has 1 aliphatic rings. The topological polar surface area (TPSA) is 69.0 Å². The number of rotatable bonds is 7. The highest BCUT2D eigenvalue weighted by Crippen LogP contribution is 2.32. The van der Waals surface area contributed by atoms with E-state index in [1.165, 1.54) is 11.3 Å². The van der Waals surface area contributed by atoms with Crippen molar-refractivity contribution in [2.45, 2.75) is 39.3 Å². The lowest BCUT2D eigenvalue weighted by molar-refractivity contribution is 0.0885. The number of aryl methyl sites for hydroxylation is 1. The number of thiazole rings is 1. The summed E-state index contributed by atoms with van der Waals surface area (Å²) in [7, 11) is 0. The molecule has 1 saturated carbocycles. The lowest BCUT2D eigenvalue weighted by Gasteiger charge is -2.35. The summed E-state index contributed by atoms with van der Waals surface area (Å²) in [5, 5.41) is 4.02. The number of carbonyl (C=O) groups excluding carboxylic acids is 1.